The Balaban J connectivity index is 2.01. The minimum absolute atomic E-state index is 0.142. The van der Waals surface area contributed by atoms with Gasteiger partial charge in [-0.15, -0.1) is 0 Å². The quantitative estimate of drug-likeness (QED) is 0.529. The van der Waals surface area contributed by atoms with E-state index >= 15 is 0 Å². The number of urea groups is 1. The number of benzene rings is 1. The number of hydrogen-bond donors (Lipinski definition) is 4. The highest BCUT2D eigenvalue weighted by Gasteiger charge is 2.32. The third-order valence-electron chi connectivity index (χ3n) is 5.06. The molecule has 1 aliphatic heterocycles. The zero-order valence-electron chi connectivity index (χ0n) is 17.2. The van der Waals surface area contributed by atoms with Crippen molar-refractivity contribution in [3.8, 4) is 0 Å². The van der Waals surface area contributed by atoms with Gasteiger partial charge < -0.3 is 25.6 Å². The number of hydrogen-bond acceptors (Lipinski definition) is 4. The van der Waals surface area contributed by atoms with E-state index < -0.39 is 25.0 Å². The largest absolute Gasteiger partial charge is 0.475 e. The smallest absolute Gasteiger partial charge is 0.426 e. The van der Waals surface area contributed by atoms with E-state index in [1.165, 1.54) is 5.56 Å². The van der Waals surface area contributed by atoms with Gasteiger partial charge in [-0.2, -0.15) is 0 Å². The van der Waals surface area contributed by atoms with Crippen LogP contribution in [0.3, 0.4) is 0 Å². The van der Waals surface area contributed by atoms with E-state index in [2.05, 4.69) is 16.7 Å². The summed E-state index contributed by atoms with van der Waals surface area (Å²) < 4.78 is 0. The Morgan fingerprint density at radius 2 is 1.75 bits per heavy atom. The van der Waals surface area contributed by atoms with Crippen LogP contribution in [-0.2, 0) is 17.8 Å². The fraction of sp³-hybridized carbons (Fsp3) is 0.600. The predicted octanol–water partition coefficient (Wildman–Crippen LogP) is 1.32. The lowest BCUT2D eigenvalue weighted by Crippen LogP contribution is -2.57. The van der Waals surface area contributed by atoms with Crippen molar-refractivity contribution in [2.75, 3.05) is 6.54 Å². The van der Waals surface area contributed by atoms with E-state index in [4.69, 9.17) is 0 Å². The molecule has 0 radical (unpaired) electrons. The lowest BCUT2D eigenvalue weighted by atomic mass is 9.75. The average molecular weight is 389 g/mol. The molecule has 1 aromatic rings. The van der Waals surface area contributed by atoms with Crippen LogP contribution in [0, 0.1) is 11.8 Å². The maximum Gasteiger partial charge on any atom is 0.475 e. The van der Waals surface area contributed by atoms with Crippen LogP contribution in [0.5, 0.6) is 0 Å². The van der Waals surface area contributed by atoms with Gasteiger partial charge in [0.2, 0.25) is 5.91 Å². The number of nitrogens with one attached hydrogen (secondary N) is 2. The number of amides is 3. The molecule has 1 aliphatic rings. The van der Waals surface area contributed by atoms with Crippen LogP contribution in [0.2, 0.25) is 0 Å². The molecule has 0 aromatic heterocycles. The van der Waals surface area contributed by atoms with Gasteiger partial charge in [0.1, 0.15) is 6.04 Å². The first kappa shape index (κ1) is 22.2. The first-order valence-electron chi connectivity index (χ1n) is 9.97. The molecule has 0 aliphatic carbocycles. The van der Waals surface area contributed by atoms with Crippen LogP contribution in [0.4, 0.5) is 4.79 Å². The fourth-order valence-corrected chi connectivity index (χ4v) is 3.46. The Kier molecular flexibility index (Phi) is 7.89. The number of nitrogens with zero attached hydrogens (tertiary/aromatic N) is 1. The average Bonchev–Trinajstić information content (AvgIpc) is 2.64. The van der Waals surface area contributed by atoms with Gasteiger partial charge in [0.15, 0.2) is 0 Å². The van der Waals surface area contributed by atoms with E-state index in [0.29, 0.717) is 19.5 Å². The molecule has 0 unspecified atom stereocenters. The lowest BCUT2D eigenvalue weighted by molar-refractivity contribution is -0.124. The highest BCUT2D eigenvalue weighted by molar-refractivity contribution is 6.43. The van der Waals surface area contributed by atoms with Gasteiger partial charge in [0.05, 0.1) is 5.94 Å². The van der Waals surface area contributed by atoms with Gasteiger partial charge >= 0.3 is 13.1 Å². The number of fused-ring (bicyclic) bond motifs is 1. The molecule has 7 nitrogen and oxygen atoms in total. The van der Waals surface area contributed by atoms with E-state index in [-0.39, 0.29) is 17.9 Å². The maximum absolute atomic E-state index is 12.8. The van der Waals surface area contributed by atoms with E-state index in [1.807, 2.05) is 45.9 Å². The van der Waals surface area contributed by atoms with Crippen molar-refractivity contribution < 1.29 is 19.6 Å². The summed E-state index contributed by atoms with van der Waals surface area (Å²) in [4.78, 5) is 27.2. The standard InChI is InChI=1S/C20H32BN3O4/c1-13(2)11-17(21(27)28)22-19(25)18(14(3)4)23-20(26)24-10-9-15-7-5-6-8-16(15)12-24/h5-8,13-14,17-18,27-28H,9-12H2,1-4H3,(H,22,25)(H,23,26)/t17-,18-/m0/s1. The molecule has 1 heterocycles. The normalized spacial score (nSPS) is 15.8. The van der Waals surface area contributed by atoms with Gasteiger partial charge in [-0.25, -0.2) is 4.79 Å². The SMILES string of the molecule is CC(C)C[C@H](NC(=O)[C@@H](NC(=O)N1CCc2ccccc2C1)C(C)C)B(O)O. The Morgan fingerprint density at radius 3 is 2.32 bits per heavy atom. The third-order valence-corrected chi connectivity index (χ3v) is 5.06. The molecule has 8 heteroatoms. The number of rotatable bonds is 7. The molecule has 2 rings (SSSR count). The first-order chi connectivity index (χ1) is 13.2. The molecule has 0 bridgehead atoms. The van der Waals surface area contributed by atoms with Crippen molar-refractivity contribution in [2.24, 2.45) is 11.8 Å². The summed E-state index contributed by atoms with van der Waals surface area (Å²) in [5, 5.41) is 24.6. The fourth-order valence-electron chi connectivity index (χ4n) is 3.46. The van der Waals surface area contributed by atoms with Crippen molar-refractivity contribution in [3.05, 3.63) is 35.4 Å². The molecule has 0 spiro atoms. The van der Waals surface area contributed by atoms with Gasteiger partial charge in [0.25, 0.3) is 0 Å². The maximum atomic E-state index is 12.8. The summed E-state index contributed by atoms with van der Waals surface area (Å²) in [5.41, 5.74) is 2.37. The molecular weight excluding hydrogens is 357 g/mol. The minimum Gasteiger partial charge on any atom is -0.426 e. The Morgan fingerprint density at radius 1 is 1.11 bits per heavy atom. The third kappa shape index (κ3) is 5.97. The van der Waals surface area contributed by atoms with E-state index in [0.717, 1.165) is 12.0 Å². The van der Waals surface area contributed by atoms with Gasteiger partial charge in [-0.3, -0.25) is 4.79 Å². The molecule has 1 aromatic carbocycles. The van der Waals surface area contributed by atoms with Crippen molar-refractivity contribution in [1.82, 2.24) is 15.5 Å². The molecule has 0 fully saturated rings. The summed E-state index contributed by atoms with van der Waals surface area (Å²) in [6.07, 6.45) is 1.22. The minimum atomic E-state index is -1.64. The highest BCUT2D eigenvalue weighted by atomic mass is 16.4. The highest BCUT2D eigenvalue weighted by Crippen LogP contribution is 2.19. The Bertz CT molecular complexity index is 681. The summed E-state index contributed by atoms with van der Waals surface area (Å²) in [6, 6.07) is 7.01. The second kappa shape index (κ2) is 9.93. The molecule has 0 saturated carbocycles. The molecule has 2 atom stereocenters. The summed E-state index contributed by atoms with van der Waals surface area (Å²) >= 11 is 0. The van der Waals surface area contributed by atoms with Crippen LogP contribution in [0.15, 0.2) is 24.3 Å². The van der Waals surface area contributed by atoms with Crippen LogP contribution >= 0.6 is 0 Å². The van der Waals surface area contributed by atoms with Gasteiger partial charge in [0, 0.05) is 13.1 Å². The van der Waals surface area contributed by atoms with Crippen LogP contribution in [0.1, 0.15) is 45.2 Å². The van der Waals surface area contributed by atoms with E-state index in [9.17, 15) is 19.6 Å². The molecular formula is C20H32BN3O4. The van der Waals surface area contributed by atoms with Crippen LogP contribution in [0.25, 0.3) is 0 Å². The Hall–Kier alpha value is -2.06. The van der Waals surface area contributed by atoms with Crippen molar-refractivity contribution in [3.63, 3.8) is 0 Å². The zero-order chi connectivity index (χ0) is 20.8. The second-order valence-electron chi connectivity index (χ2n) is 8.27. The van der Waals surface area contributed by atoms with Gasteiger partial charge in [-0.05, 0) is 35.8 Å². The van der Waals surface area contributed by atoms with Crippen molar-refractivity contribution in [1.29, 1.82) is 0 Å². The van der Waals surface area contributed by atoms with E-state index in [1.54, 1.807) is 4.90 Å². The zero-order valence-corrected chi connectivity index (χ0v) is 17.2. The predicted molar refractivity (Wildman–Crippen MR) is 109 cm³/mol. The topological polar surface area (TPSA) is 102 Å². The Labute approximate surface area is 167 Å². The summed E-state index contributed by atoms with van der Waals surface area (Å²) in [7, 11) is -1.64. The lowest BCUT2D eigenvalue weighted by Gasteiger charge is -2.32. The first-order valence-corrected chi connectivity index (χ1v) is 9.97. The van der Waals surface area contributed by atoms with Crippen LogP contribution in [-0.4, -0.2) is 52.5 Å². The van der Waals surface area contributed by atoms with Gasteiger partial charge in [-0.1, -0.05) is 52.0 Å². The molecule has 0 saturated heterocycles. The van der Waals surface area contributed by atoms with Crippen molar-refractivity contribution >= 4 is 19.1 Å². The number of carbonyl (C=O) groups is 2. The van der Waals surface area contributed by atoms with Crippen LogP contribution < -0.4 is 10.6 Å². The summed E-state index contributed by atoms with van der Waals surface area (Å²) in [5.74, 6) is -1.13. The molecule has 4 N–H and O–H groups in total. The number of carbonyl (C=O) groups excluding carboxylic acids is 2. The molecule has 28 heavy (non-hydrogen) atoms. The van der Waals surface area contributed by atoms with Crippen molar-refractivity contribution in [2.45, 2.75) is 59.1 Å². The molecule has 154 valence electrons. The second-order valence-corrected chi connectivity index (χ2v) is 8.27. The molecule has 3 amide bonds. The summed E-state index contributed by atoms with van der Waals surface area (Å²) in [6.45, 7) is 8.70. The monoisotopic (exact) mass is 389 g/mol.